The molecule has 4 nitrogen and oxygen atoms in total. The minimum atomic E-state index is -1.04. The molecule has 1 aromatic carbocycles. The zero-order valence-corrected chi connectivity index (χ0v) is 15.0. The third-order valence-corrected chi connectivity index (χ3v) is 4.92. The summed E-state index contributed by atoms with van der Waals surface area (Å²) >= 11 is 3.34. The first kappa shape index (κ1) is 18.8. The third-order valence-electron chi connectivity index (χ3n) is 4.43. The Hall–Kier alpha value is -0.530. The molecule has 0 unspecified atom stereocenters. The van der Waals surface area contributed by atoms with Gasteiger partial charge in [0, 0.05) is 29.2 Å². The van der Waals surface area contributed by atoms with Gasteiger partial charge in [-0.15, -0.1) is 0 Å². The van der Waals surface area contributed by atoms with Crippen molar-refractivity contribution in [2.75, 3.05) is 26.4 Å². The van der Waals surface area contributed by atoms with E-state index < -0.39 is 5.54 Å². The van der Waals surface area contributed by atoms with Crippen molar-refractivity contribution in [1.82, 2.24) is 0 Å². The van der Waals surface area contributed by atoms with Crippen LogP contribution >= 0.6 is 15.9 Å². The van der Waals surface area contributed by atoms with Crippen molar-refractivity contribution in [3.8, 4) is 0 Å². The Labute approximate surface area is 145 Å². The van der Waals surface area contributed by atoms with Gasteiger partial charge in [-0.2, -0.15) is 0 Å². The van der Waals surface area contributed by atoms with Gasteiger partial charge in [0.25, 0.3) is 0 Å². The lowest BCUT2D eigenvalue weighted by molar-refractivity contribution is -0.104. The molecule has 2 rings (SSSR count). The number of aliphatic hydroxyl groups excluding tert-OH is 1. The Morgan fingerprint density at radius 3 is 3.00 bits per heavy atom. The van der Waals surface area contributed by atoms with Crippen molar-refractivity contribution in [2.24, 2.45) is 11.7 Å². The van der Waals surface area contributed by atoms with Gasteiger partial charge in [-0.3, -0.25) is 0 Å². The van der Waals surface area contributed by atoms with Crippen molar-refractivity contribution in [3.05, 3.63) is 34.1 Å². The van der Waals surface area contributed by atoms with Gasteiger partial charge < -0.3 is 20.3 Å². The minimum absolute atomic E-state index is 0.114. The summed E-state index contributed by atoms with van der Waals surface area (Å²) in [7, 11) is 0. The minimum Gasteiger partial charge on any atom is -0.396 e. The van der Waals surface area contributed by atoms with Crippen LogP contribution < -0.4 is 5.73 Å². The summed E-state index contributed by atoms with van der Waals surface area (Å²) in [5, 5.41) is 9.77. The molecular weight excluding hydrogens is 365 g/mol. The molecule has 23 heavy (non-hydrogen) atoms. The Balaban J connectivity index is 2.07. The first-order valence-electron chi connectivity index (χ1n) is 8.05. The van der Waals surface area contributed by atoms with Crippen LogP contribution in [0.25, 0.3) is 0 Å². The molecule has 0 aliphatic carbocycles. The Bertz CT molecular complexity index is 517. The maximum atomic E-state index is 14.2. The highest BCUT2D eigenvalue weighted by Crippen LogP contribution is 2.37. The predicted molar refractivity (Wildman–Crippen MR) is 90.6 cm³/mol. The molecule has 3 atom stereocenters. The summed E-state index contributed by atoms with van der Waals surface area (Å²) in [4.78, 5) is 0. The molecule has 0 saturated carbocycles. The fraction of sp³-hybridized carbons (Fsp3) is 0.647. The molecule has 0 aromatic heterocycles. The van der Waals surface area contributed by atoms with E-state index in [-0.39, 0.29) is 31.1 Å². The van der Waals surface area contributed by atoms with Gasteiger partial charge in [0.15, 0.2) is 0 Å². The molecule has 1 fully saturated rings. The lowest BCUT2D eigenvalue weighted by Gasteiger charge is -2.43. The molecule has 6 heteroatoms. The van der Waals surface area contributed by atoms with E-state index in [2.05, 4.69) is 22.9 Å². The quantitative estimate of drug-likeness (QED) is 0.703. The van der Waals surface area contributed by atoms with Crippen molar-refractivity contribution in [1.29, 1.82) is 0 Å². The fourth-order valence-electron chi connectivity index (χ4n) is 2.94. The average molecular weight is 390 g/mol. The van der Waals surface area contributed by atoms with Gasteiger partial charge in [0.05, 0.1) is 24.9 Å². The molecule has 1 aliphatic heterocycles. The van der Waals surface area contributed by atoms with Crippen molar-refractivity contribution >= 4 is 15.9 Å². The van der Waals surface area contributed by atoms with Crippen LogP contribution in [0.4, 0.5) is 4.39 Å². The van der Waals surface area contributed by atoms with E-state index in [1.807, 2.05) is 0 Å². The Morgan fingerprint density at radius 1 is 1.52 bits per heavy atom. The predicted octanol–water partition coefficient (Wildman–Crippen LogP) is 2.96. The molecule has 0 bridgehead atoms. The molecular formula is C17H25BrFNO3. The van der Waals surface area contributed by atoms with E-state index in [1.54, 1.807) is 12.1 Å². The van der Waals surface area contributed by atoms with E-state index in [0.29, 0.717) is 25.2 Å². The lowest BCUT2D eigenvalue weighted by atomic mass is 9.75. The molecule has 130 valence electrons. The van der Waals surface area contributed by atoms with Crippen LogP contribution in [0.15, 0.2) is 22.7 Å². The monoisotopic (exact) mass is 389 g/mol. The number of nitrogens with two attached hydrogens (primary N) is 1. The van der Waals surface area contributed by atoms with Crippen molar-refractivity contribution in [3.63, 3.8) is 0 Å². The molecule has 1 heterocycles. The highest BCUT2D eigenvalue weighted by Gasteiger charge is 2.44. The second kappa shape index (κ2) is 8.53. The zero-order valence-electron chi connectivity index (χ0n) is 13.4. The van der Waals surface area contributed by atoms with Gasteiger partial charge in [0.2, 0.25) is 0 Å². The smallest absolute Gasteiger partial charge is 0.128 e. The van der Waals surface area contributed by atoms with Crippen LogP contribution in [0.1, 0.15) is 31.7 Å². The van der Waals surface area contributed by atoms with Gasteiger partial charge in [-0.1, -0.05) is 29.3 Å². The van der Waals surface area contributed by atoms with E-state index in [4.69, 9.17) is 15.2 Å². The summed E-state index contributed by atoms with van der Waals surface area (Å²) in [6, 6.07) is 4.67. The highest BCUT2D eigenvalue weighted by atomic mass is 79.9. The number of halogens is 2. The fourth-order valence-corrected chi connectivity index (χ4v) is 3.30. The van der Waals surface area contributed by atoms with Gasteiger partial charge in [0.1, 0.15) is 5.82 Å². The summed E-state index contributed by atoms with van der Waals surface area (Å²) in [5.74, 6) is -0.657. The Morgan fingerprint density at radius 2 is 2.30 bits per heavy atom. The largest absolute Gasteiger partial charge is 0.396 e. The molecule has 0 radical (unpaired) electrons. The Kier molecular flexibility index (Phi) is 6.98. The SMILES string of the molecule is CCCCOC[C@H]1C[C@@H](CO)[C@](N)(c2cc(Br)ccc2F)CO1. The third kappa shape index (κ3) is 4.51. The standard InChI is InChI=1S/C17H25BrFNO3/c1-2-3-6-22-10-14-7-12(9-21)17(20,11-23-14)15-8-13(18)4-5-16(15)19/h4-5,8,12,14,21H,2-3,6-7,9-11,20H2,1H3/t12-,14+,17-/m0/s1. The van der Waals surface area contributed by atoms with Crippen LogP contribution in [0.5, 0.6) is 0 Å². The first-order valence-corrected chi connectivity index (χ1v) is 8.85. The maximum Gasteiger partial charge on any atom is 0.128 e. The van der Waals surface area contributed by atoms with E-state index in [0.717, 1.165) is 17.3 Å². The van der Waals surface area contributed by atoms with E-state index in [1.165, 1.54) is 6.07 Å². The molecule has 1 saturated heterocycles. The van der Waals surface area contributed by atoms with Gasteiger partial charge in [-0.25, -0.2) is 4.39 Å². The number of ether oxygens (including phenoxy) is 2. The normalized spacial score (nSPS) is 28.0. The van der Waals surface area contributed by atoms with Crippen LogP contribution in [0, 0.1) is 11.7 Å². The zero-order chi connectivity index (χ0) is 16.9. The molecule has 3 N–H and O–H groups in total. The second-order valence-electron chi connectivity index (χ2n) is 6.14. The number of aliphatic hydroxyl groups is 1. The molecule has 1 aliphatic rings. The molecule has 1 aromatic rings. The van der Waals surface area contributed by atoms with Crippen molar-refractivity contribution in [2.45, 2.75) is 37.8 Å². The average Bonchev–Trinajstić information content (AvgIpc) is 2.55. The summed E-state index contributed by atoms with van der Waals surface area (Å²) < 4.78 is 26.4. The second-order valence-corrected chi connectivity index (χ2v) is 7.06. The molecule has 0 spiro atoms. The number of unbranched alkanes of at least 4 members (excludes halogenated alkanes) is 1. The summed E-state index contributed by atoms with van der Waals surface area (Å²) in [6.07, 6.45) is 2.53. The van der Waals surface area contributed by atoms with Gasteiger partial charge in [-0.05, 0) is 31.0 Å². The number of benzene rings is 1. The van der Waals surface area contributed by atoms with Crippen LogP contribution in [-0.4, -0.2) is 37.6 Å². The summed E-state index contributed by atoms with van der Waals surface area (Å²) in [6.45, 7) is 3.34. The van der Waals surface area contributed by atoms with E-state index in [9.17, 15) is 9.50 Å². The summed E-state index contributed by atoms with van der Waals surface area (Å²) in [5.41, 5.74) is 5.79. The number of rotatable bonds is 7. The maximum absolute atomic E-state index is 14.2. The van der Waals surface area contributed by atoms with Crippen LogP contribution in [-0.2, 0) is 15.0 Å². The van der Waals surface area contributed by atoms with Gasteiger partial charge >= 0.3 is 0 Å². The molecule has 0 amide bonds. The topological polar surface area (TPSA) is 64.7 Å². The van der Waals surface area contributed by atoms with Crippen molar-refractivity contribution < 1.29 is 19.0 Å². The highest BCUT2D eigenvalue weighted by molar-refractivity contribution is 9.10. The van der Waals surface area contributed by atoms with Crippen LogP contribution in [0.3, 0.4) is 0 Å². The number of hydrogen-bond acceptors (Lipinski definition) is 4. The van der Waals surface area contributed by atoms with E-state index >= 15 is 0 Å². The first-order chi connectivity index (χ1) is 11.0. The number of hydrogen-bond donors (Lipinski definition) is 2. The van der Waals surface area contributed by atoms with Crippen LogP contribution in [0.2, 0.25) is 0 Å². The lowest BCUT2D eigenvalue weighted by Crippen LogP contribution is -2.55.